The number of amides is 1. The van der Waals surface area contributed by atoms with Gasteiger partial charge in [0.2, 0.25) is 0 Å². The van der Waals surface area contributed by atoms with Crippen LogP contribution in [0.5, 0.6) is 0 Å². The number of rotatable bonds is 2. The van der Waals surface area contributed by atoms with Gasteiger partial charge >= 0.3 is 0 Å². The third-order valence-corrected chi connectivity index (χ3v) is 3.66. The van der Waals surface area contributed by atoms with Gasteiger partial charge in [-0.15, -0.1) is 0 Å². The van der Waals surface area contributed by atoms with Gasteiger partial charge < -0.3 is 5.32 Å². The average Bonchev–Trinajstić information content (AvgIpc) is 2.47. The van der Waals surface area contributed by atoms with Gasteiger partial charge in [-0.2, -0.15) is 0 Å². The van der Waals surface area contributed by atoms with Crippen LogP contribution in [0.4, 0.5) is 5.69 Å². The Kier molecular flexibility index (Phi) is 3.44. The molecule has 21 heavy (non-hydrogen) atoms. The smallest absolute Gasteiger partial charge is 0.255 e. The monoisotopic (exact) mass is 275 g/mol. The van der Waals surface area contributed by atoms with E-state index in [1.54, 1.807) is 0 Å². The standard InChI is InChI=1S/C19H17NO/c1-13-10-11-16(14(2)12-13)19(21)20-18-9-5-7-15-6-3-4-8-17(15)18/h3-12H,1-2H3,(H,20,21). The first kappa shape index (κ1) is 13.4. The quantitative estimate of drug-likeness (QED) is 0.721. The van der Waals surface area contributed by atoms with E-state index in [9.17, 15) is 4.79 Å². The van der Waals surface area contributed by atoms with Gasteiger partial charge in [0.05, 0.1) is 0 Å². The summed E-state index contributed by atoms with van der Waals surface area (Å²) in [5, 5.41) is 5.20. The summed E-state index contributed by atoms with van der Waals surface area (Å²) >= 11 is 0. The van der Waals surface area contributed by atoms with Crippen molar-refractivity contribution in [1.29, 1.82) is 0 Å². The lowest BCUT2D eigenvalue weighted by Crippen LogP contribution is -2.13. The van der Waals surface area contributed by atoms with Gasteiger partial charge in [0, 0.05) is 16.6 Å². The van der Waals surface area contributed by atoms with Gasteiger partial charge in [0.15, 0.2) is 0 Å². The second kappa shape index (κ2) is 5.41. The van der Waals surface area contributed by atoms with Crippen molar-refractivity contribution in [2.75, 3.05) is 5.32 Å². The van der Waals surface area contributed by atoms with E-state index in [0.717, 1.165) is 27.6 Å². The van der Waals surface area contributed by atoms with Crippen molar-refractivity contribution < 1.29 is 4.79 Å². The van der Waals surface area contributed by atoms with Crippen LogP contribution in [0.2, 0.25) is 0 Å². The second-order valence-electron chi connectivity index (χ2n) is 5.30. The van der Waals surface area contributed by atoms with Crippen LogP contribution >= 0.6 is 0 Å². The third kappa shape index (κ3) is 2.65. The third-order valence-electron chi connectivity index (χ3n) is 3.66. The number of hydrogen-bond acceptors (Lipinski definition) is 1. The molecule has 0 spiro atoms. The van der Waals surface area contributed by atoms with Gasteiger partial charge in [0.1, 0.15) is 0 Å². The minimum Gasteiger partial charge on any atom is -0.321 e. The fraction of sp³-hybridized carbons (Fsp3) is 0.105. The maximum atomic E-state index is 12.5. The summed E-state index contributed by atoms with van der Waals surface area (Å²) in [6, 6.07) is 19.8. The highest BCUT2D eigenvalue weighted by atomic mass is 16.1. The van der Waals surface area contributed by atoms with Crippen molar-refractivity contribution >= 4 is 22.4 Å². The van der Waals surface area contributed by atoms with Gasteiger partial charge in [-0.25, -0.2) is 0 Å². The number of carbonyl (C=O) groups is 1. The van der Waals surface area contributed by atoms with Crippen LogP contribution in [-0.4, -0.2) is 5.91 Å². The highest BCUT2D eigenvalue weighted by Gasteiger charge is 2.10. The molecule has 2 heteroatoms. The van der Waals surface area contributed by atoms with Crippen LogP contribution < -0.4 is 5.32 Å². The molecule has 0 unspecified atom stereocenters. The zero-order valence-corrected chi connectivity index (χ0v) is 12.2. The van der Waals surface area contributed by atoms with E-state index >= 15 is 0 Å². The Hall–Kier alpha value is -2.61. The number of anilines is 1. The fourth-order valence-electron chi connectivity index (χ4n) is 2.59. The molecule has 0 saturated carbocycles. The molecule has 0 radical (unpaired) electrons. The topological polar surface area (TPSA) is 29.1 Å². The minimum absolute atomic E-state index is 0.0659. The van der Waals surface area contributed by atoms with Crippen LogP contribution in [0.1, 0.15) is 21.5 Å². The van der Waals surface area contributed by atoms with E-state index in [4.69, 9.17) is 0 Å². The molecule has 104 valence electrons. The number of nitrogens with one attached hydrogen (secondary N) is 1. The van der Waals surface area contributed by atoms with Gasteiger partial charge in [-0.1, -0.05) is 54.1 Å². The minimum atomic E-state index is -0.0659. The van der Waals surface area contributed by atoms with E-state index in [-0.39, 0.29) is 5.91 Å². The van der Waals surface area contributed by atoms with Crippen molar-refractivity contribution in [3.8, 4) is 0 Å². The van der Waals surface area contributed by atoms with Crippen LogP contribution in [0, 0.1) is 13.8 Å². The molecule has 0 aliphatic heterocycles. The van der Waals surface area contributed by atoms with E-state index in [1.807, 2.05) is 74.5 Å². The summed E-state index contributed by atoms with van der Waals surface area (Å²) in [5.74, 6) is -0.0659. The Labute approximate surface area is 124 Å². The summed E-state index contributed by atoms with van der Waals surface area (Å²) in [6.07, 6.45) is 0. The lowest BCUT2D eigenvalue weighted by molar-refractivity contribution is 0.102. The molecule has 0 fully saturated rings. The van der Waals surface area contributed by atoms with Crippen molar-refractivity contribution in [2.45, 2.75) is 13.8 Å². The Bertz CT molecular complexity index is 815. The zero-order valence-electron chi connectivity index (χ0n) is 12.2. The van der Waals surface area contributed by atoms with Crippen LogP contribution in [0.15, 0.2) is 60.7 Å². The number of fused-ring (bicyclic) bond motifs is 1. The van der Waals surface area contributed by atoms with Crippen molar-refractivity contribution in [3.63, 3.8) is 0 Å². The predicted octanol–water partition coefficient (Wildman–Crippen LogP) is 4.71. The number of benzene rings is 3. The van der Waals surface area contributed by atoms with E-state index < -0.39 is 0 Å². The highest BCUT2D eigenvalue weighted by molar-refractivity contribution is 6.09. The van der Waals surface area contributed by atoms with E-state index in [0.29, 0.717) is 5.56 Å². The Morgan fingerprint density at radius 2 is 1.67 bits per heavy atom. The van der Waals surface area contributed by atoms with E-state index in [2.05, 4.69) is 5.32 Å². The molecule has 0 aliphatic rings. The van der Waals surface area contributed by atoms with Crippen LogP contribution in [0.25, 0.3) is 10.8 Å². The fourth-order valence-corrected chi connectivity index (χ4v) is 2.59. The van der Waals surface area contributed by atoms with Gasteiger partial charge in [0.25, 0.3) is 5.91 Å². The lowest BCUT2D eigenvalue weighted by Gasteiger charge is -2.10. The molecule has 0 aliphatic carbocycles. The maximum absolute atomic E-state index is 12.5. The lowest BCUT2D eigenvalue weighted by atomic mass is 10.0. The zero-order chi connectivity index (χ0) is 14.8. The molecule has 3 rings (SSSR count). The summed E-state index contributed by atoms with van der Waals surface area (Å²) in [7, 11) is 0. The summed E-state index contributed by atoms with van der Waals surface area (Å²) in [4.78, 5) is 12.5. The molecule has 3 aromatic carbocycles. The molecule has 3 aromatic rings. The van der Waals surface area contributed by atoms with Crippen LogP contribution in [-0.2, 0) is 0 Å². The van der Waals surface area contributed by atoms with Crippen molar-refractivity contribution in [2.24, 2.45) is 0 Å². The Balaban J connectivity index is 1.97. The number of aryl methyl sites for hydroxylation is 2. The molecule has 0 saturated heterocycles. The normalized spacial score (nSPS) is 10.6. The molecule has 1 amide bonds. The first-order valence-corrected chi connectivity index (χ1v) is 7.01. The summed E-state index contributed by atoms with van der Waals surface area (Å²) < 4.78 is 0. The summed E-state index contributed by atoms with van der Waals surface area (Å²) in [5.41, 5.74) is 3.72. The maximum Gasteiger partial charge on any atom is 0.255 e. The SMILES string of the molecule is Cc1ccc(C(=O)Nc2cccc3ccccc23)c(C)c1. The van der Waals surface area contributed by atoms with Crippen molar-refractivity contribution in [3.05, 3.63) is 77.4 Å². The molecule has 0 bridgehead atoms. The van der Waals surface area contributed by atoms with E-state index in [1.165, 1.54) is 0 Å². The summed E-state index contributed by atoms with van der Waals surface area (Å²) in [6.45, 7) is 3.99. The first-order valence-electron chi connectivity index (χ1n) is 7.01. The molecular formula is C19H17NO. The largest absolute Gasteiger partial charge is 0.321 e. The second-order valence-corrected chi connectivity index (χ2v) is 5.30. The molecule has 0 atom stereocenters. The van der Waals surface area contributed by atoms with Gasteiger partial charge in [-0.3, -0.25) is 4.79 Å². The predicted molar refractivity (Wildman–Crippen MR) is 87.8 cm³/mol. The Morgan fingerprint density at radius 1 is 0.905 bits per heavy atom. The molecule has 1 N–H and O–H groups in total. The molecule has 2 nitrogen and oxygen atoms in total. The molecular weight excluding hydrogens is 258 g/mol. The number of hydrogen-bond donors (Lipinski definition) is 1. The average molecular weight is 275 g/mol. The van der Waals surface area contributed by atoms with Gasteiger partial charge in [-0.05, 0) is 36.9 Å². The number of carbonyl (C=O) groups excluding carboxylic acids is 1. The van der Waals surface area contributed by atoms with Crippen molar-refractivity contribution in [1.82, 2.24) is 0 Å². The van der Waals surface area contributed by atoms with Crippen LogP contribution in [0.3, 0.4) is 0 Å². The molecule has 0 aromatic heterocycles. The first-order chi connectivity index (χ1) is 10.1. The molecule has 0 heterocycles. The highest BCUT2D eigenvalue weighted by Crippen LogP contribution is 2.24. The Morgan fingerprint density at radius 3 is 2.48 bits per heavy atom.